The highest BCUT2D eigenvalue weighted by atomic mass is 32.1. The molecule has 114 valence electrons. The Balaban J connectivity index is 1.63. The molecule has 0 spiro atoms. The molecular formula is C16H12N4OS2. The van der Waals surface area contributed by atoms with Gasteiger partial charge in [0.15, 0.2) is 5.13 Å². The molecule has 23 heavy (non-hydrogen) atoms. The van der Waals surface area contributed by atoms with Gasteiger partial charge in [-0.15, -0.1) is 10.2 Å². The summed E-state index contributed by atoms with van der Waals surface area (Å²) in [4.78, 5) is 4.58. The minimum absolute atomic E-state index is 0.724. The highest BCUT2D eigenvalue weighted by Gasteiger charge is 2.11. The van der Waals surface area contributed by atoms with E-state index in [0.717, 1.165) is 36.8 Å². The zero-order valence-electron chi connectivity index (χ0n) is 12.2. The second-order valence-corrected chi connectivity index (χ2v) is 6.74. The van der Waals surface area contributed by atoms with Crippen molar-refractivity contribution in [3.8, 4) is 16.3 Å². The van der Waals surface area contributed by atoms with Gasteiger partial charge in [-0.1, -0.05) is 59.1 Å². The first-order chi connectivity index (χ1) is 11.3. The van der Waals surface area contributed by atoms with E-state index in [9.17, 15) is 0 Å². The summed E-state index contributed by atoms with van der Waals surface area (Å²) in [6.07, 6.45) is 0. The van der Waals surface area contributed by atoms with Crippen LogP contribution in [-0.4, -0.2) is 22.3 Å². The van der Waals surface area contributed by atoms with Crippen LogP contribution in [0.5, 0.6) is 5.75 Å². The SMILES string of the molecule is COc1cccc2sc(Nc3nnc(-c4ccccc4)s3)nc12. The van der Waals surface area contributed by atoms with Gasteiger partial charge < -0.3 is 10.1 Å². The summed E-state index contributed by atoms with van der Waals surface area (Å²) in [6.45, 7) is 0. The number of para-hydroxylation sites is 1. The fourth-order valence-electron chi connectivity index (χ4n) is 2.20. The van der Waals surface area contributed by atoms with E-state index in [1.54, 1.807) is 18.4 Å². The van der Waals surface area contributed by atoms with Crippen LogP contribution in [0.25, 0.3) is 20.8 Å². The number of methoxy groups -OCH3 is 1. The molecule has 5 nitrogen and oxygen atoms in total. The van der Waals surface area contributed by atoms with Gasteiger partial charge in [-0.2, -0.15) is 0 Å². The number of rotatable bonds is 4. The van der Waals surface area contributed by atoms with Crippen molar-refractivity contribution in [3.05, 3.63) is 48.5 Å². The van der Waals surface area contributed by atoms with E-state index >= 15 is 0 Å². The van der Waals surface area contributed by atoms with Gasteiger partial charge in [-0.05, 0) is 12.1 Å². The Kier molecular flexibility index (Phi) is 3.64. The van der Waals surface area contributed by atoms with Crippen molar-refractivity contribution in [1.29, 1.82) is 0 Å². The molecule has 4 aromatic rings. The number of aromatic nitrogens is 3. The number of anilines is 2. The van der Waals surface area contributed by atoms with E-state index in [2.05, 4.69) is 20.5 Å². The quantitative estimate of drug-likeness (QED) is 0.590. The number of hydrogen-bond acceptors (Lipinski definition) is 7. The Labute approximate surface area is 140 Å². The minimum atomic E-state index is 0.724. The van der Waals surface area contributed by atoms with E-state index in [4.69, 9.17) is 4.74 Å². The van der Waals surface area contributed by atoms with E-state index in [0.29, 0.717) is 0 Å². The number of nitrogens with zero attached hydrogens (tertiary/aromatic N) is 3. The number of benzene rings is 2. The lowest BCUT2D eigenvalue weighted by molar-refractivity contribution is 0.419. The topological polar surface area (TPSA) is 59.9 Å². The average Bonchev–Trinajstić information content (AvgIpc) is 3.22. The summed E-state index contributed by atoms with van der Waals surface area (Å²) >= 11 is 3.07. The molecule has 0 fully saturated rings. The maximum absolute atomic E-state index is 5.34. The van der Waals surface area contributed by atoms with Crippen molar-refractivity contribution in [1.82, 2.24) is 15.2 Å². The molecule has 2 heterocycles. The summed E-state index contributed by atoms with van der Waals surface area (Å²) in [7, 11) is 1.65. The first-order valence-electron chi connectivity index (χ1n) is 6.93. The molecule has 1 N–H and O–H groups in total. The van der Waals surface area contributed by atoms with Crippen LogP contribution in [0.4, 0.5) is 10.3 Å². The molecule has 7 heteroatoms. The zero-order valence-corrected chi connectivity index (χ0v) is 13.8. The first-order valence-corrected chi connectivity index (χ1v) is 8.56. The molecule has 0 saturated heterocycles. The Morgan fingerprint density at radius 1 is 0.913 bits per heavy atom. The largest absolute Gasteiger partial charge is 0.494 e. The van der Waals surface area contributed by atoms with Crippen LogP contribution < -0.4 is 10.1 Å². The van der Waals surface area contributed by atoms with Crippen molar-refractivity contribution in [2.45, 2.75) is 0 Å². The number of fused-ring (bicyclic) bond motifs is 1. The molecule has 2 aromatic heterocycles. The predicted molar refractivity (Wildman–Crippen MR) is 94.8 cm³/mol. The highest BCUT2D eigenvalue weighted by Crippen LogP contribution is 2.35. The van der Waals surface area contributed by atoms with E-state index < -0.39 is 0 Å². The van der Waals surface area contributed by atoms with Gasteiger partial charge in [0.1, 0.15) is 16.3 Å². The fraction of sp³-hybridized carbons (Fsp3) is 0.0625. The third-order valence-corrected chi connectivity index (χ3v) is 5.09. The molecule has 0 bridgehead atoms. The lowest BCUT2D eigenvalue weighted by Crippen LogP contribution is -1.88. The van der Waals surface area contributed by atoms with Crippen molar-refractivity contribution < 1.29 is 4.74 Å². The predicted octanol–water partition coefficient (Wildman–Crippen LogP) is 4.57. The normalized spacial score (nSPS) is 10.8. The molecule has 4 rings (SSSR count). The molecule has 2 aromatic carbocycles. The number of nitrogens with one attached hydrogen (secondary N) is 1. The summed E-state index contributed by atoms with van der Waals surface area (Å²) in [6, 6.07) is 15.9. The molecule has 0 saturated carbocycles. The van der Waals surface area contributed by atoms with Gasteiger partial charge in [0.25, 0.3) is 0 Å². The van der Waals surface area contributed by atoms with Crippen LogP contribution in [0, 0.1) is 0 Å². The van der Waals surface area contributed by atoms with Crippen LogP contribution in [0.1, 0.15) is 0 Å². The minimum Gasteiger partial charge on any atom is -0.494 e. The van der Waals surface area contributed by atoms with E-state index in [-0.39, 0.29) is 0 Å². The number of ether oxygens (including phenoxy) is 1. The third-order valence-electron chi connectivity index (χ3n) is 3.26. The maximum Gasteiger partial charge on any atom is 0.212 e. The highest BCUT2D eigenvalue weighted by molar-refractivity contribution is 7.23. The van der Waals surface area contributed by atoms with Crippen LogP contribution in [-0.2, 0) is 0 Å². The lowest BCUT2D eigenvalue weighted by atomic mass is 10.2. The number of hydrogen-bond donors (Lipinski definition) is 1. The molecule has 0 atom stereocenters. The third kappa shape index (κ3) is 2.76. The van der Waals surface area contributed by atoms with Crippen LogP contribution in [0.15, 0.2) is 48.5 Å². The summed E-state index contributed by atoms with van der Waals surface area (Å²) < 4.78 is 6.41. The van der Waals surface area contributed by atoms with Crippen molar-refractivity contribution in [2.24, 2.45) is 0 Å². The van der Waals surface area contributed by atoms with Crippen LogP contribution in [0.2, 0.25) is 0 Å². The van der Waals surface area contributed by atoms with Gasteiger partial charge in [0.2, 0.25) is 5.13 Å². The first kappa shape index (κ1) is 14.1. The standard InChI is InChI=1S/C16H12N4OS2/c1-21-11-8-5-9-12-13(11)17-15(22-12)18-16-20-19-14(23-16)10-6-3-2-4-7-10/h2-9H,1H3,(H,17,18,20). The summed E-state index contributed by atoms with van der Waals surface area (Å²) in [5.74, 6) is 0.772. The fourth-order valence-corrected chi connectivity index (χ4v) is 3.90. The Hall–Kier alpha value is -2.51. The lowest BCUT2D eigenvalue weighted by Gasteiger charge is -1.98. The second kappa shape index (κ2) is 5.94. The zero-order chi connectivity index (χ0) is 15.6. The van der Waals surface area contributed by atoms with Crippen LogP contribution >= 0.6 is 22.7 Å². The Bertz CT molecular complexity index is 949. The molecule has 0 aliphatic heterocycles. The smallest absolute Gasteiger partial charge is 0.212 e. The Morgan fingerprint density at radius 2 is 1.78 bits per heavy atom. The molecule has 0 aliphatic carbocycles. The number of thiazole rings is 1. The Morgan fingerprint density at radius 3 is 2.61 bits per heavy atom. The van der Waals surface area contributed by atoms with Gasteiger partial charge in [0, 0.05) is 5.56 Å². The van der Waals surface area contributed by atoms with Gasteiger partial charge >= 0.3 is 0 Å². The molecule has 0 unspecified atom stereocenters. The van der Waals surface area contributed by atoms with Gasteiger partial charge in [-0.3, -0.25) is 0 Å². The van der Waals surface area contributed by atoms with Crippen molar-refractivity contribution in [3.63, 3.8) is 0 Å². The molecule has 0 aliphatic rings. The molecule has 0 radical (unpaired) electrons. The van der Waals surface area contributed by atoms with Crippen molar-refractivity contribution in [2.75, 3.05) is 12.4 Å². The maximum atomic E-state index is 5.34. The summed E-state index contributed by atoms with van der Waals surface area (Å²) in [5, 5.41) is 14.0. The van der Waals surface area contributed by atoms with Crippen LogP contribution in [0.3, 0.4) is 0 Å². The monoisotopic (exact) mass is 340 g/mol. The van der Waals surface area contributed by atoms with Gasteiger partial charge in [-0.25, -0.2) is 4.98 Å². The molecule has 0 amide bonds. The second-order valence-electron chi connectivity index (χ2n) is 4.73. The van der Waals surface area contributed by atoms with E-state index in [1.807, 2.05) is 48.5 Å². The average molecular weight is 340 g/mol. The van der Waals surface area contributed by atoms with Crippen molar-refractivity contribution >= 4 is 43.2 Å². The van der Waals surface area contributed by atoms with E-state index in [1.165, 1.54) is 11.3 Å². The summed E-state index contributed by atoms with van der Waals surface area (Å²) in [5.41, 5.74) is 1.92. The van der Waals surface area contributed by atoms with Gasteiger partial charge in [0.05, 0.1) is 11.8 Å². The molecular weight excluding hydrogens is 328 g/mol.